The number of nitrogens with one attached hydrogen (secondary N) is 1. The Morgan fingerprint density at radius 2 is 2.10 bits per heavy atom. The molecule has 3 rings (SSSR count). The van der Waals surface area contributed by atoms with Crippen molar-refractivity contribution in [3.8, 4) is 6.07 Å². The molecule has 1 aliphatic rings. The number of benzene rings is 1. The maximum atomic E-state index is 8.81. The Labute approximate surface area is 119 Å². The number of aromatic nitrogens is 1. The average molecular weight is 265 g/mol. The number of para-hydroxylation sites is 1. The van der Waals surface area contributed by atoms with E-state index in [0.29, 0.717) is 6.42 Å². The number of rotatable bonds is 6. The summed E-state index contributed by atoms with van der Waals surface area (Å²) in [6.45, 7) is 1.92. The van der Waals surface area contributed by atoms with Gasteiger partial charge in [0.05, 0.1) is 11.6 Å². The molecular formula is C17H19N3. The Bertz CT molecular complexity index is 633. The molecule has 0 atom stereocenters. The number of hydrogen-bond acceptors (Lipinski definition) is 3. The zero-order valence-corrected chi connectivity index (χ0v) is 11.6. The summed E-state index contributed by atoms with van der Waals surface area (Å²) in [5.74, 6) is 0. The van der Waals surface area contributed by atoms with Gasteiger partial charge in [-0.15, -0.1) is 0 Å². The molecule has 0 radical (unpaired) electrons. The van der Waals surface area contributed by atoms with Crippen molar-refractivity contribution < 1.29 is 0 Å². The summed E-state index contributed by atoms with van der Waals surface area (Å²) in [7, 11) is 0. The molecule has 1 aliphatic carbocycles. The van der Waals surface area contributed by atoms with Crippen LogP contribution in [0.4, 0.5) is 0 Å². The molecule has 1 aromatic carbocycles. The molecule has 2 aromatic rings. The molecule has 1 aromatic heterocycles. The first-order valence-corrected chi connectivity index (χ1v) is 7.23. The Kier molecular flexibility index (Phi) is 3.66. The third-order valence-electron chi connectivity index (χ3n) is 4.20. The van der Waals surface area contributed by atoms with Gasteiger partial charge in [-0.25, -0.2) is 0 Å². The number of hydrogen-bond donors (Lipinski definition) is 1. The van der Waals surface area contributed by atoms with Crippen molar-refractivity contribution in [2.45, 2.75) is 25.7 Å². The van der Waals surface area contributed by atoms with Crippen LogP contribution < -0.4 is 5.32 Å². The van der Waals surface area contributed by atoms with Crippen LogP contribution in [0.25, 0.3) is 10.9 Å². The highest BCUT2D eigenvalue weighted by Crippen LogP contribution is 2.47. The van der Waals surface area contributed by atoms with Crippen LogP contribution in [0.5, 0.6) is 0 Å². The maximum Gasteiger partial charge on any atom is 0.0734 e. The molecule has 0 aliphatic heterocycles. The predicted octanol–water partition coefficient (Wildman–Crippen LogP) is 3.06. The van der Waals surface area contributed by atoms with Crippen molar-refractivity contribution in [1.82, 2.24) is 10.3 Å². The normalized spacial score (nSPS) is 15.9. The van der Waals surface area contributed by atoms with E-state index in [0.717, 1.165) is 25.0 Å². The van der Waals surface area contributed by atoms with Crippen molar-refractivity contribution in [2.75, 3.05) is 13.1 Å². The number of nitrogens with zero attached hydrogens (tertiary/aromatic N) is 2. The molecule has 20 heavy (non-hydrogen) atoms. The molecule has 0 spiro atoms. The molecule has 3 heteroatoms. The van der Waals surface area contributed by atoms with Crippen LogP contribution in [0.1, 0.15) is 24.8 Å². The highest BCUT2D eigenvalue weighted by atomic mass is 14.9. The van der Waals surface area contributed by atoms with Crippen LogP contribution in [0, 0.1) is 16.7 Å². The molecule has 1 saturated carbocycles. The molecule has 0 saturated heterocycles. The maximum absolute atomic E-state index is 8.81. The van der Waals surface area contributed by atoms with Gasteiger partial charge in [0.25, 0.3) is 0 Å². The number of fused-ring (bicyclic) bond motifs is 1. The van der Waals surface area contributed by atoms with Gasteiger partial charge >= 0.3 is 0 Å². The molecule has 1 fully saturated rings. The molecule has 0 bridgehead atoms. The third-order valence-corrected chi connectivity index (χ3v) is 4.20. The van der Waals surface area contributed by atoms with E-state index in [-0.39, 0.29) is 5.41 Å². The van der Waals surface area contributed by atoms with Gasteiger partial charge in [-0.3, -0.25) is 4.98 Å². The van der Waals surface area contributed by atoms with Crippen molar-refractivity contribution in [1.29, 1.82) is 5.26 Å². The minimum absolute atomic E-state index is 0.283. The van der Waals surface area contributed by atoms with Crippen molar-refractivity contribution in [3.63, 3.8) is 0 Å². The average Bonchev–Trinajstić information content (AvgIpc) is 3.24. The summed E-state index contributed by atoms with van der Waals surface area (Å²) >= 11 is 0. The summed E-state index contributed by atoms with van der Waals surface area (Å²) < 4.78 is 0. The van der Waals surface area contributed by atoms with E-state index >= 15 is 0 Å². The highest BCUT2D eigenvalue weighted by molar-refractivity contribution is 5.81. The lowest BCUT2D eigenvalue weighted by molar-refractivity contribution is 0.469. The van der Waals surface area contributed by atoms with Gasteiger partial charge in [0, 0.05) is 24.5 Å². The predicted molar refractivity (Wildman–Crippen MR) is 80.2 cm³/mol. The fraction of sp³-hybridized carbons (Fsp3) is 0.412. The van der Waals surface area contributed by atoms with E-state index in [1.54, 1.807) is 0 Å². The number of nitriles is 1. The van der Waals surface area contributed by atoms with E-state index in [1.165, 1.54) is 23.8 Å². The second-order valence-electron chi connectivity index (χ2n) is 5.75. The van der Waals surface area contributed by atoms with Crippen LogP contribution in [0.3, 0.4) is 0 Å². The van der Waals surface area contributed by atoms with Gasteiger partial charge in [-0.05, 0) is 42.9 Å². The van der Waals surface area contributed by atoms with Crippen molar-refractivity contribution in [2.24, 2.45) is 5.41 Å². The van der Waals surface area contributed by atoms with E-state index < -0.39 is 0 Å². The lowest BCUT2D eigenvalue weighted by Crippen LogP contribution is -2.25. The van der Waals surface area contributed by atoms with Gasteiger partial charge in [-0.1, -0.05) is 24.3 Å². The summed E-state index contributed by atoms with van der Waals surface area (Å²) in [6.07, 6.45) is 5.92. The third kappa shape index (κ3) is 2.81. The van der Waals surface area contributed by atoms with E-state index in [4.69, 9.17) is 5.26 Å². The summed E-state index contributed by atoms with van der Waals surface area (Å²) in [4.78, 5) is 4.48. The van der Waals surface area contributed by atoms with E-state index in [1.807, 2.05) is 12.3 Å². The highest BCUT2D eigenvalue weighted by Gasteiger charge is 2.41. The lowest BCUT2D eigenvalue weighted by Gasteiger charge is -2.12. The first-order chi connectivity index (χ1) is 9.83. The van der Waals surface area contributed by atoms with Gasteiger partial charge < -0.3 is 5.32 Å². The van der Waals surface area contributed by atoms with Gasteiger partial charge in [-0.2, -0.15) is 5.26 Å². The monoisotopic (exact) mass is 265 g/mol. The fourth-order valence-electron chi connectivity index (χ4n) is 2.71. The van der Waals surface area contributed by atoms with E-state index in [9.17, 15) is 0 Å². The first-order valence-electron chi connectivity index (χ1n) is 7.23. The summed E-state index contributed by atoms with van der Waals surface area (Å²) in [5.41, 5.74) is 2.68. The SMILES string of the molecule is N#CCC1(CNCCc2cccc3cccnc23)CC1. The van der Waals surface area contributed by atoms with Crippen LogP contribution >= 0.6 is 0 Å². The van der Waals surface area contributed by atoms with Crippen LogP contribution in [-0.4, -0.2) is 18.1 Å². The van der Waals surface area contributed by atoms with Crippen molar-refractivity contribution in [3.05, 3.63) is 42.1 Å². The lowest BCUT2D eigenvalue weighted by atomic mass is 10.0. The topological polar surface area (TPSA) is 48.7 Å². The quantitative estimate of drug-likeness (QED) is 0.817. The largest absolute Gasteiger partial charge is 0.316 e. The molecule has 102 valence electrons. The second-order valence-corrected chi connectivity index (χ2v) is 5.75. The number of pyridine rings is 1. The Morgan fingerprint density at radius 1 is 1.25 bits per heavy atom. The van der Waals surface area contributed by atoms with Gasteiger partial charge in [0.2, 0.25) is 0 Å². The minimum Gasteiger partial charge on any atom is -0.316 e. The Hall–Kier alpha value is -1.92. The fourth-order valence-corrected chi connectivity index (χ4v) is 2.71. The Balaban J connectivity index is 1.57. The molecule has 3 nitrogen and oxygen atoms in total. The Morgan fingerprint density at radius 3 is 2.90 bits per heavy atom. The van der Waals surface area contributed by atoms with Crippen LogP contribution in [-0.2, 0) is 6.42 Å². The molecule has 0 amide bonds. The first kappa shape index (κ1) is 13.1. The molecular weight excluding hydrogens is 246 g/mol. The zero-order chi connectivity index (χ0) is 13.8. The zero-order valence-electron chi connectivity index (χ0n) is 11.6. The molecule has 1 heterocycles. The van der Waals surface area contributed by atoms with Gasteiger partial charge in [0.1, 0.15) is 0 Å². The smallest absolute Gasteiger partial charge is 0.0734 e. The van der Waals surface area contributed by atoms with Gasteiger partial charge in [0.15, 0.2) is 0 Å². The molecule has 0 unspecified atom stereocenters. The summed E-state index contributed by atoms with van der Waals surface area (Å²) in [6, 6.07) is 12.7. The van der Waals surface area contributed by atoms with Crippen molar-refractivity contribution >= 4 is 10.9 Å². The summed E-state index contributed by atoms with van der Waals surface area (Å²) in [5, 5.41) is 13.5. The van der Waals surface area contributed by atoms with E-state index in [2.05, 4.69) is 40.6 Å². The standard InChI is InChI=1S/C17H19N3/c18-10-9-17(7-8-17)13-19-12-6-15-4-1-3-14-5-2-11-20-16(14)15/h1-5,11,19H,6-9,12-13H2. The minimum atomic E-state index is 0.283. The molecule has 1 N–H and O–H groups in total. The second kappa shape index (κ2) is 5.60. The van der Waals surface area contributed by atoms with Crippen LogP contribution in [0.2, 0.25) is 0 Å². The van der Waals surface area contributed by atoms with Crippen LogP contribution in [0.15, 0.2) is 36.5 Å².